The molecule has 4 nitrogen and oxygen atoms in total. The van der Waals surface area contributed by atoms with Gasteiger partial charge in [-0.05, 0) is 26.8 Å². The molecule has 0 saturated carbocycles. The van der Waals surface area contributed by atoms with E-state index in [0.29, 0.717) is 5.56 Å². The van der Waals surface area contributed by atoms with Crippen molar-refractivity contribution in [2.45, 2.75) is 26.4 Å². The predicted molar refractivity (Wildman–Crippen MR) is 45.6 cm³/mol. The first-order valence-electron chi connectivity index (χ1n) is 3.89. The van der Waals surface area contributed by atoms with E-state index in [-0.39, 0.29) is 11.5 Å². The second-order valence-corrected chi connectivity index (χ2v) is 3.49. The average molecular weight is 184 g/mol. The summed E-state index contributed by atoms with van der Waals surface area (Å²) in [6, 6.07) is 1.53. The normalized spacial score (nSPS) is 11.7. The molecule has 0 radical (unpaired) electrons. The van der Waals surface area contributed by atoms with Gasteiger partial charge in [-0.15, -0.1) is 0 Å². The van der Waals surface area contributed by atoms with Gasteiger partial charge in [0.2, 0.25) is 5.76 Å². The summed E-state index contributed by atoms with van der Waals surface area (Å²) in [7, 11) is 0. The molecule has 0 atom stereocenters. The molecule has 2 N–H and O–H groups in total. The summed E-state index contributed by atoms with van der Waals surface area (Å²) in [5.41, 5.74) is -0.622. The lowest BCUT2D eigenvalue weighted by Gasteiger charge is -2.12. The van der Waals surface area contributed by atoms with E-state index in [2.05, 4.69) is 0 Å². The topological polar surface area (TPSA) is 70.7 Å². The molecule has 0 fully saturated rings. The van der Waals surface area contributed by atoms with Gasteiger partial charge in [0.1, 0.15) is 11.4 Å². The van der Waals surface area contributed by atoms with Gasteiger partial charge in [-0.2, -0.15) is 0 Å². The molecule has 1 rings (SSSR count). The highest BCUT2D eigenvalue weighted by molar-refractivity contribution is 5.86. The van der Waals surface area contributed by atoms with Gasteiger partial charge < -0.3 is 14.6 Å². The van der Waals surface area contributed by atoms with Crippen LogP contribution in [-0.2, 0) is 5.60 Å². The Morgan fingerprint density at radius 2 is 2.08 bits per heavy atom. The van der Waals surface area contributed by atoms with E-state index in [1.165, 1.54) is 19.9 Å². The van der Waals surface area contributed by atoms with Crippen molar-refractivity contribution in [1.82, 2.24) is 0 Å². The molecule has 0 aromatic carbocycles. The van der Waals surface area contributed by atoms with Crippen molar-refractivity contribution < 1.29 is 19.4 Å². The molecule has 0 bridgehead atoms. The van der Waals surface area contributed by atoms with Crippen molar-refractivity contribution in [1.29, 1.82) is 0 Å². The number of hydrogen-bond donors (Lipinski definition) is 2. The first-order chi connectivity index (χ1) is 5.82. The van der Waals surface area contributed by atoms with E-state index in [1.54, 1.807) is 6.92 Å². The van der Waals surface area contributed by atoms with E-state index >= 15 is 0 Å². The van der Waals surface area contributed by atoms with E-state index in [9.17, 15) is 9.90 Å². The van der Waals surface area contributed by atoms with Crippen LogP contribution in [0.5, 0.6) is 0 Å². The van der Waals surface area contributed by atoms with E-state index in [0.717, 1.165) is 0 Å². The fraction of sp³-hybridized carbons (Fsp3) is 0.444. The zero-order valence-electron chi connectivity index (χ0n) is 7.79. The summed E-state index contributed by atoms with van der Waals surface area (Å²) in [5.74, 6) is -0.965. The Labute approximate surface area is 75.8 Å². The van der Waals surface area contributed by atoms with Gasteiger partial charge in [0.15, 0.2) is 0 Å². The molecule has 13 heavy (non-hydrogen) atoms. The largest absolute Gasteiger partial charge is 0.475 e. The second-order valence-electron chi connectivity index (χ2n) is 3.49. The number of carboxylic acid groups (broad SMARTS) is 1. The Morgan fingerprint density at radius 3 is 2.31 bits per heavy atom. The number of carboxylic acids is 1. The Balaban J connectivity index is 3.17. The second kappa shape index (κ2) is 2.88. The van der Waals surface area contributed by atoms with Crippen LogP contribution in [0.15, 0.2) is 10.5 Å². The summed E-state index contributed by atoms with van der Waals surface area (Å²) >= 11 is 0. The van der Waals surface area contributed by atoms with Crippen LogP contribution in [0.25, 0.3) is 0 Å². The zero-order valence-corrected chi connectivity index (χ0v) is 7.79. The van der Waals surface area contributed by atoms with Crippen LogP contribution in [-0.4, -0.2) is 16.2 Å². The average Bonchev–Trinajstić information content (AvgIpc) is 2.29. The van der Waals surface area contributed by atoms with Gasteiger partial charge >= 0.3 is 5.97 Å². The van der Waals surface area contributed by atoms with Crippen molar-refractivity contribution in [3.05, 3.63) is 23.2 Å². The van der Waals surface area contributed by atoms with Crippen LogP contribution in [0.1, 0.15) is 35.7 Å². The quantitative estimate of drug-likeness (QED) is 0.730. The minimum atomic E-state index is -1.14. The Morgan fingerprint density at radius 1 is 1.54 bits per heavy atom. The summed E-state index contributed by atoms with van der Waals surface area (Å²) in [6.07, 6.45) is 0. The minimum Gasteiger partial charge on any atom is -0.475 e. The molecule has 0 aliphatic heterocycles. The standard InChI is InChI=1S/C9H12O4/c1-5-4-6(9(2,3)12)13-7(5)8(10)11/h4,12H,1-3H3,(H,10,11). The van der Waals surface area contributed by atoms with Crippen molar-refractivity contribution >= 4 is 5.97 Å². The number of aromatic carboxylic acids is 1. The van der Waals surface area contributed by atoms with Gasteiger partial charge in [-0.1, -0.05) is 0 Å². The molecular formula is C9H12O4. The predicted octanol–water partition coefficient (Wildman–Crippen LogP) is 1.51. The molecule has 1 aromatic rings. The molecule has 72 valence electrons. The van der Waals surface area contributed by atoms with Crippen molar-refractivity contribution in [3.8, 4) is 0 Å². The van der Waals surface area contributed by atoms with Crippen molar-refractivity contribution in [2.75, 3.05) is 0 Å². The molecule has 0 amide bonds. The van der Waals surface area contributed by atoms with E-state index < -0.39 is 11.6 Å². The van der Waals surface area contributed by atoms with Crippen LogP contribution in [0.2, 0.25) is 0 Å². The molecule has 4 heteroatoms. The van der Waals surface area contributed by atoms with E-state index in [4.69, 9.17) is 9.52 Å². The Hall–Kier alpha value is -1.29. The smallest absolute Gasteiger partial charge is 0.372 e. The molecule has 0 unspecified atom stereocenters. The molecule has 0 spiro atoms. The van der Waals surface area contributed by atoms with Crippen LogP contribution in [0.3, 0.4) is 0 Å². The molecule has 1 heterocycles. The van der Waals surface area contributed by atoms with Crippen LogP contribution in [0, 0.1) is 6.92 Å². The highest BCUT2D eigenvalue weighted by Crippen LogP contribution is 2.24. The Kier molecular flexibility index (Phi) is 2.17. The minimum absolute atomic E-state index is 0.114. The van der Waals surface area contributed by atoms with Gasteiger partial charge in [-0.25, -0.2) is 4.79 Å². The molecule has 1 aromatic heterocycles. The SMILES string of the molecule is Cc1cc(C(C)(C)O)oc1C(=O)O. The fourth-order valence-electron chi connectivity index (χ4n) is 0.996. The maximum absolute atomic E-state index is 10.6. The highest BCUT2D eigenvalue weighted by Gasteiger charge is 2.24. The number of furan rings is 1. The van der Waals surface area contributed by atoms with E-state index in [1.807, 2.05) is 0 Å². The fourth-order valence-corrected chi connectivity index (χ4v) is 0.996. The summed E-state index contributed by atoms with van der Waals surface area (Å²) < 4.78 is 4.99. The summed E-state index contributed by atoms with van der Waals surface area (Å²) in [6.45, 7) is 4.70. The third-order valence-corrected chi connectivity index (χ3v) is 1.72. The number of rotatable bonds is 2. The number of aryl methyl sites for hydroxylation is 1. The van der Waals surface area contributed by atoms with Crippen molar-refractivity contribution in [2.24, 2.45) is 0 Å². The lowest BCUT2D eigenvalue weighted by molar-refractivity contribution is 0.0486. The first kappa shape index (κ1) is 9.80. The third-order valence-electron chi connectivity index (χ3n) is 1.72. The van der Waals surface area contributed by atoms with Crippen LogP contribution in [0.4, 0.5) is 0 Å². The summed E-state index contributed by atoms with van der Waals surface area (Å²) in [4.78, 5) is 10.6. The van der Waals surface area contributed by atoms with Gasteiger partial charge in [0.25, 0.3) is 0 Å². The number of aliphatic hydroxyl groups is 1. The van der Waals surface area contributed by atoms with Gasteiger partial charge in [-0.3, -0.25) is 0 Å². The maximum atomic E-state index is 10.6. The lowest BCUT2D eigenvalue weighted by atomic mass is 10.1. The third kappa shape index (κ3) is 1.89. The highest BCUT2D eigenvalue weighted by atomic mass is 16.4. The molecule has 0 aliphatic rings. The van der Waals surface area contributed by atoms with Crippen LogP contribution >= 0.6 is 0 Å². The Bertz CT molecular complexity index is 330. The first-order valence-corrected chi connectivity index (χ1v) is 3.89. The maximum Gasteiger partial charge on any atom is 0.372 e. The van der Waals surface area contributed by atoms with Crippen LogP contribution < -0.4 is 0 Å². The lowest BCUT2D eigenvalue weighted by Crippen LogP contribution is -2.14. The van der Waals surface area contributed by atoms with Gasteiger partial charge in [0.05, 0.1) is 0 Å². The summed E-state index contributed by atoms with van der Waals surface area (Å²) in [5, 5.41) is 18.2. The molecule has 0 saturated heterocycles. The molecular weight excluding hydrogens is 172 g/mol. The molecule has 0 aliphatic carbocycles. The zero-order chi connectivity index (χ0) is 10.2. The van der Waals surface area contributed by atoms with Gasteiger partial charge in [0, 0.05) is 5.56 Å². The number of carbonyl (C=O) groups is 1. The monoisotopic (exact) mass is 184 g/mol. The van der Waals surface area contributed by atoms with Crippen molar-refractivity contribution in [3.63, 3.8) is 0 Å². The number of hydrogen-bond acceptors (Lipinski definition) is 3.